The van der Waals surface area contributed by atoms with E-state index in [1.54, 1.807) is 0 Å². The number of rotatable bonds is 1. The molecule has 0 fully saturated rings. The standard InChI is InChI=1S/C5H9NO/c6-7-5-3-1-2-4-5/h1,3,5H,2,4,6H2. The Balaban J connectivity index is 2.28. The van der Waals surface area contributed by atoms with Gasteiger partial charge in [-0.25, -0.2) is 5.90 Å². The zero-order valence-corrected chi connectivity index (χ0v) is 4.13. The first kappa shape index (κ1) is 4.81. The lowest BCUT2D eigenvalue weighted by Crippen LogP contribution is -2.10. The van der Waals surface area contributed by atoms with Crippen LogP contribution < -0.4 is 5.90 Å². The average Bonchev–Trinajstić information content (AvgIpc) is 2.14. The summed E-state index contributed by atoms with van der Waals surface area (Å²) in [6, 6.07) is 0. The molecule has 1 atom stereocenters. The van der Waals surface area contributed by atoms with Gasteiger partial charge in [-0.15, -0.1) is 0 Å². The smallest absolute Gasteiger partial charge is 0.0971 e. The van der Waals surface area contributed by atoms with Crippen molar-refractivity contribution in [2.75, 3.05) is 0 Å². The Labute approximate surface area is 42.9 Å². The van der Waals surface area contributed by atoms with Crippen LogP contribution >= 0.6 is 0 Å². The fourth-order valence-electron chi connectivity index (χ4n) is 0.718. The highest BCUT2D eigenvalue weighted by atomic mass is 16.6. The van der Waals surface area contributed by atoms with Gasteiger partial charge in [0.15, 0.2) is 0 Å². The largest absolute Gasteiger partial charge is 0.297 e. The van der Waals surface area contributed by atoms with Crippen LogP contribution in [0, 0.1) is 0 Å². The van der Waals surface area contributed by atoms with E-state index in [0.717, 1.165) is 12.8 Å². The van der Waals surface area contributed by atoms with E-state index in [1.807, 2.05) is 6.08 Å². The second-order valence-electron chi connectivity index (χ2n) is 1.68. The van der Waals surface area contributed by atoms with Crippen LogP contribution in [0.25, 0.3) is 0 Å². The van der Waals surface area contributed by atoms with Crippen LogP contribution in [0.2, 0.25) is 0 Å². The molecule has 1 aliphatic rings. The highest BCUT2D eigenvalue weighted by Crippen LogP contribution is 2.09. The zero-order valence-electron chi connectivity index (χ0n) is 4.13. The molecule has 0 aromatic heterocycles. The number of hydrogen-bond donors (Lipinski definition) is 1. The summed E-state index contributed by atoms with van der Waals surface area (Å²) in [6.45, 7) is 0. The summed E-state index contributed by atoms with van der Waals surface area (Å²) in [6.07, 6.45) is 6.43. The van der Waals surface area contributed by atoms with E-state index in [0.29, 0.717) is 0 Å². The van der Waals surface area contributed by atoms with Crippen molar-refractivity contribution in [3.63, 3.8) is 0 Å². The van der Waals surface area contributed by atoms with Crippen molar-refractivity contribution < 1.29 is 4.84 Å². The van der Waals surface area contributed by atoms with Gasteiger partial charge in [-0.05, 0) is 12.8 Å². The van der Waals surface area contributed by atoms with E-state index in [1.165, 1.54) is 0 Å². The predicted octanol–water partition coefficient (Wildman–Crippen LogP) is 0.595. The molecule has 0 saturated carbocycles. The van der Waals surface area contributed by atoms with Gasteiger partial charge in [-0.1, -0.05) is 12.2 Å². The van der Waals surface area contributed by atoms with Crippen molar-refractivity contribution >= 4 is 0 Å². The van der Waals surface area contributed by atoms with Gasteiger partial charge < -0.3 is 0 Å². The van der Waals surface area contributed by atoms with Crippen LogP contribution in [0.3, 0.4) is 0 Å². The van der Waals surface area contributed by atoms with Crippen LogP contribution in [0.1, 0.15) is 12.8 Å². The molecular weight excluding hydrogens is 90.1 g/mol. The molecule has 0 radical (unpaired) electrons. The van der Waals surface area contributed by atoms with Crippen molar-refractivity contribution in [3.05, 3.63) is 12.2 Å². The molecule has 0 spiro atoms. The van der Waals surface area contributed by atoms with Gasteiger partial charge in [0, 0.05) is 0 Å². The van der Waals surface area contributed by atoms with Crippen molar-refractivity contribution in [2.24, 2.45) is 5.90 Å². The maximum Gasteiger partial charge on any atom is 0.0971 e. The maximum atomic E-state index is 4.88. The van der Waals surface area contributed by atoms with Crippen LogP contribution in [0.5, 0.6) is 0 Å². The summed E-state index contributed by atoms with van der Waals surface area (Å²) in [4.78, 5) is 4.52. The van der Waals surface area contributed by atoms with Gasteiger partial charge in [-0.2, -0.15) is 0 Å². The predicted molar refractivity (Wildman–Crippen MR) is 27.4 cm³/mol. The Morgan fingerprint density at radius 3 is 2.86 bits per heavy atom. The van der Waals surface area contributed by atoms with Gasteiger partial charge in [-0.3, -0.25) is 4.84 Å². The van der Waals surface area contributed by atoms with Crippen molar-refractivity contribution in [1.82, 2.24) is 0 Å². The third-order valence-corrected chi connectivity index (χ3v) is 1.14. The lowest BCUT2D eigenvalue weighted by molar-refractivity contribution is 0.0867. The van der Waals surface area contributed by atoms with Crippen LogP contribution in [-0.4, -0.2) is 6.10 Å². The van der Waals surface area contributed by atoms with Crippen molar-refractivity contribution in [3.8, 4) is 0 Å². The second-order valence-corrected chi connectivity index (χ2v) is 1.68. The Morgan fingerprint density at radius 2 is 2.57 bits per heavy atom. The fraction of sp³-hybridized carbons (Fsp3) is 0.600. The van der Waals surface area contributed by atoms with Gasteiger partial charge in [0.2, 0.25) is 0 Å². The molecule has 7 heavy (non-hydrogen) atoms. The Kier molecular flexibility index (Phi) is 1.44. The van der Waals surface area contributed by atoms with Crippen LogP contribution in [0.15, 0.2) is 12.2 Å². The maximum absolute atomic E-state index is 4.88. The van der Waals surface area contributed by atoms with Gasteiger partial charge in [0.1, 0.15) is 0 Å². The number of nitrogens with two attached hydrogens (primary N) is 1. The summed E-state index contributed by atoms with van der Waals surface area (Å²) in [5.41, 5.74) is 0. The fourth-order valence-corrected chi connectivity index (χ4v) is 0.718. The molecule has 0 aliphatic heterocycles. The number of hydrogen-bond acceptors (Lipinski definition) is 2. The van der Waals surface area contributed by atoms with E-state index in [2.05, 4.69) is 10.9 Å². The Hall–Kier alpha value is -0.340. The molecule has 2 nitrogen and oxygen atoms in total. The average molecular weight is 99.1 g/mol. The lowest BCUT2D eigenvalue weighted by Gasteiger charge is -1.99. The Bertz CT molecular complexity index is 80.1. The molecule has 0 saturated heterocycles. The highest BCUT2D eigenvalue weighted by Gasteiger charge is 2.05. The molecule has 2 N–H and O–H groups in total. The lowest BCUT2D eigenvalue weighted by atomic mass is 10.3. The zero-order chi connectivity index (χ0) is 5.11. The van der Waals surface area contributed by atoms with E-state index in [-0.39, 0.29) is 6.10 Å². The molecule has 1 aliphatic carbocycles. The Morgan fingerprint density at radius 1 is 1.71 bits per heavy atom. The second kappa shape index (κ2) is 2.09. The molecular formula is C5H9NO. The molecule has 1 rings (SSSR count). The molecule has 0 bridgehead atoms. The third-order valence-electron chi connectivity index (χ3n) is 1.14. The monoisotopic (exact) mass is 99.1 g/mol. The van der Waals surface area contributed by atoms with E-state index < -0.39 is 0 Å². The van der Waals surface area contributed by atoms with Crippen molar-refractivity contribution in [2.45, 2.75) is 18.9 Å². The molecule has 0 heterocycles. The summed E-state index contributed by atoms with van der Waals surface area (Å²) in [5.74, 6) is 4.88. The van der Waals surface area contributed by atoms with Crippen LogP contribution in [0.4, 0.5) is 0 Å². The summed E-state index contributed by atoms with van der Waals surface area (Å²) in [5, 5.41) is 0. The molecule has 40 valence electrons. The van der Waals surface area contributed by atoms with Crippen molar-refractivity contribution in [1.29, 1.82) is 0 Å². The highest BCUT2D eigenvalue weighted by molar-refractivity contribution is 4.96. The summed E-state index contributed by atoms with van der Waals surface area (Å²) < 4.78 is 0. The summed E-state index contributed by atoms with van der Waals surface area (Å²) >= 11 is 0. The van der Waals surface area contributed by atoms with Gasteiger partial charge in [0.25, 0.3) is 0 Å². The minimum absolute atomic E-state index is 0.194. The third kappa shape index (κ3) is 1.01. The minimum Gasteiger partial charge on any atom is -0.297 e. The topological polar surface area (TPSA) is 35.2 Å². The first-order valence-corrected chi connectivity index (χ1v) is 2.45. The molecule has 2 heteroatoms. The SMILES string of the molecule is NOC1C=CCC1. The molecule has 0 amide bonds. The summed E-state index contributed by atoms with van der Waals surface area (Å²) in [7, 11) is 0. The van der Waals surface area contributed by atoms with E-state index in [9.17, 15) is 0 Å². The van der Waals surface area contributed by atoms with Gasteiger partial charge >= 0.3 is 0 Å². The molecule has 0 aromatic carbocycles. The van der Waals surface area contributed by atoms with Crippen LogP contribution in [-0.2, 0) is 4.84 Å². The molecule has 0 aromatic rings. The normalized spacial score (nSPS) is 29.0. The van der Waals surface area contributed by atoms with E-state index >= 15 is 0 Å². The first-order valence-electron chi connectivity index (χ1n) is 2.45. The van der Waals surface area contributed by atoms with E-state index in [4.69, 9.17) is 5.90 Å². The number of allylic oxidation sites excluding steroid dienone is 1. The first-order chi connectivity index (χ1) is 3.43. The minimum atomic E-state index is 0.194. The quantitative estimate of drug-likeness (QED) is 0.386. The molecule has 1 unspecified atom stereocenters. The van der Waals surface area contributed by atoms with Gasteiger partial charge in [0.05, 0.1) is 6.10 Å².